The first-order chi connectivity index (χ1) is 9.62. The highest BCUT2D eigenvalue weighted by Crippen LogP contribution is 2.21. The molecular formula is C14H15BrFN3O. The van der Waals surface area contributed by atoms with Gasteiger partial charge in [-0.2, -0.15) is 5.10 Å². The quantitative estimate of drug-likeness (QED) is 0.909. The zero-order valence-corrected chi connectivity index (χ0v) is 12.8. The van der Waals surface area contributed by atoms with Crippen LogP contribution < -0.4 is 10.1 Å². The number of ether oxygens (including phenoxy) is 1. The van der Waals surface area contributed by atoms with E-state index in [-0.39, 0.29) is 11.9 Å². The first-order valence-electron chi connectivity index (χ1n) is 6.12. The molecule has 2 rings (SSSR count). The van der Waals surface area contributed by atoms with E-state index in [1.807, 2.05) is 19.2 Å². The van der Waals surface area contributed by atoms with E-state index in [4.69, 9.17) is 4.74 Å². The fraction of sp³-hybridized carbons (Fsp3) is 0.286. The number of likely N-dealkylation sites (N-methyl/N-ethyl adjacent to an activating group) is 1. The summed E-state index contributed by atoms with van der Waals surface area (Å²) in [5.74, 6) is 0.210. The standard InChI is InChI=1S/C14H15BrFN3O/c1-17-13(12-3-4-14(20-2)19-18-12)7-9-5-10(15)8-11(16)6-9/h3-6,8,13,17H,7H2,1-2H3. The Hall–Kier alpha value is -1.53. The maximum Gasteiger partial charge on any atom is 0.233 e. The van der Waals surface area contributed by atoms with Crippen LogP contribution in [0.25, 0.3) is 0 Å². The second-order valence-electron chi connectivity index (χ2n) is 4.32. The zero-order chi connectivity index (χ0) is 14.5. The second-order valence-corrected chi connectivity index (χ2v) is 5.24. The molecule has 106 valence electrons. The highest BCUT2D eigenvalue weighted by Gasteiger charge is 2.13. The number of nitrogens with zero attached hydrogens (tertiary/aromatic N) is 2. The summed E-state index contributed by atoms with van der Waals surface area (Å²) in [6.45, 7) is 0. The highest BCUT2D eigenvalue weighted by molar-refractivity contribution is 9.10. The zero-order valence-electron chi connectivity index (χ0n) is 11.2. The molecule has 2 aromatic rings. The summed E-state index contributed by atoms with van der Waals surface area (Å²) in [7, 11) is 3.38. The molecule has 20 heavy (non-hydrogen) atoms. The Labute approximate surface area is 125 Å². The van der Waals surface area contributed by atoms with Gasteiger partial charge in [0.25, 0.3) is 0 Å². The average Bonchev–Trinajstić information content (AvgIpc) is 2.44. The van der Waals surface area contributed by atoms with Gasteiger partial charge in [0.05, 0.1) is 18.8 Å². The van der Waals surface area contributed by atoms with Crippen LogP contribution in [0.5, 0.6) is 5.88 Å². The molecular weight excluding hydrogens is 325 g/mol. The van der Waals surface area contributed by atoms with Crippen molar-refractivity contribution in [1.29, 1.82) is 0 Å². The van der Waals surface area contributed by atoms with Gasteiger partial charge >= 0.3 is 0 Å². The van der Waals surface area contributed by atoms with Crippen LogP contribution in [0.3, 0.4) is 0 Å². The van der Waals surface area contributed by atoms with Crippen molar-refractivity contribution in [3.8, 4) is 5.88 Å². The first kappa shape index (κ1) is 14.9. The average molecular weight is 340 g/mol. The van der Waals surface area contributed by atoms with Crippen molar-refractivity contribution in [3.05, 3.63) is 51.9 Å². The van der Waals surface area contributed by atoms with Crippen molar-refractivity contribution in [2.45, 2.75) is 12.5 Å². The van der Waals surface area contributed by atoms with Crippen LogP contribution in [-0.2, 0) is 6.42 Å². The summed E-state index contributed by atoms with van der Waals surface area (Å²) in [5.41, 5.74) is 1.67. The fourth-order valence-electron chi connectivity index (χ4n) is 1.94. The van der Waals surface area contributed by atoms with Crippen LogP contribution in [0, 0.1) is 5.82 Å². The van der Waals surface area contributed by atoms with E-state index in [1.165, 1.54) is 12.1 Å². The maximum absolute atomic E-state index is 13.4. The lowest BCUT2D eigenvalue weighted by Gasteiger charge is -2.15. The summed E-state index contributed by atoms with van der Waals surface area (Å²) in [6, 6.07) is 8.42. The number of hydrogen-bond acceptors (Lipinski definition) is 4. The van der Waals surface area contributed by atoms with Gasteiger partial charge in [0, 0.05) is 10.5 Å². The minimum absolute atomic E-state index is 0.0397. The van der Waals surface area contributed by atoms with Crippen LogP contribution in [0.4, 0.5) is 4.39 Å². The topological polar surface area (TPSA) is 47.0 Å². The van der Waals surface area contributed by atoms with E-state index in [0.717, 1.165) is 15.7 Å². The molecule has 0 aliphatic carbocycles. The number of benzene rings is 1. The highest BCUT2D eigenvalue weighted by atomic mass is 79.9. The largest absolute Gasteiger partial charge is 0.480 e. The number of rotatable bonds is 5. The normalized spacial score (nSPS) is 12.2. The molecule has 1 unspecified atom stereocenters. The summed E-state index contributed by atoms with van der Waals surface area (Å²) >= 11 is 3.30. The van der Waals surface area contributed by atoms with Crippen LogP contribution >= 0.6 is 15.9 Å². The Morgan fingerprint density at radius 2 is 2.10 bits per heavy atom. The van der Waals surface area contributed by atoms with Gasteiger partial charge in [-0.05, 0) is 43.3 Å². The van der Waals surface area contributed by atoms with Crippen molar-refractivity contribution >= 4 is 15.9 Å². The molecule has 0 amide bonds. The predicted octanol–water partition coefficient (Wildman–Crippen LogP) is 2.89. The Morgan fingerprint density at radius 3 is 2.65 bits per heavy atom. The molecule has 1 heterocycles. The number of aromatic nitrogens is 2. The third-order valence-electron chi connectivity index (χ3n) is 2.94. The number of hydrogen-bond donors (Lipinski definition) is 1. The first-order valence-corrected chi connectivity index (χ1v) is 6.91. The fourth-order valence-corrected chi connectivity index (χ4v) is 2.46. The molecule has 0 bridgehead atoms. The SMILES string of the molecule is CNC(Cc1cc(F)cc(Br)c1)c1ccc(OC)nn1. The Balaban J connectivity index is 2.19. The van der Waals surface area contributed by atoms with Gasteiger partial charge in [-0.1, -0.05) is 15.9 Å². The predicted molar refractivity (Wildman–Crippen MR) is 78.2 cm³/mol. The summed E-state index contributed by atoms with van der Waals surface area (Å²) in [6.07, 6.45) is 0.619. The number of methoxy groups -OCH3 is 1. The lowest BCUT2D eigenvalue weighted by atomic mass is 10.0. The molecule has 0 aliphatic rings. The van der Waals surface area contributed by atoms with Crippen molar-refractivity contribution in [3.63, 3.8) is 0 Å². The number of halogens is 2. The van der Waals surface area contributed by atoms with E-state index in [0.29, 0.717) is 12.3 Å². The maximum atomic E-state index is 13.4. The van der Waals surface area contributed by atoms with Crippen LogP contribution in [0.2, 0.25) is 0 Å². The molecule has 1 aromatic carbocycles. The van der Waals surface area contributed by atoms with Gasteiger partial charge in [-0.3, -0.25) is 0 Å². The number of nitrogens with one attached hydrogen (secondary N) is 1. The minimum Gasteiger partial charge on any atom is -0.480 e. The van der Waals surface area contributed by atoms with Crippen LogP contribution in [0.15, 0.2) is 34.8 Å². The molecule has 0 fully saturated rings. The van der Waals surface area contributed by atoms with Crippen LogP contribution in [0.1, 0.15) is 17.3 Å². The third-order valence-corrected chi connectivity index (χ3v) is 3.40. The molecule has 0 aliphatic heterocycles. The molecule has 6 heteroatoms. The van der Waals surface area contributed by atoms with E-state index in [1.54, 1.807) is 13.2 Å². The van der Waals surface area contributed by atoms with Gasteiger partial charge in [0.2, 0.25) is 5.88 Å². The minimum atomic E-state index is -0.259. The van der Waals surface area contributed by atoms with Gasteiger partial charge in [-0.15, -0.1) is 5.10 Å². The van der Waals surface area contributed by atoms with Gasteiger partial charge in [0.15, 0.2) is 0 Å². The Kier molecular flexibility index (Phi) is 5.03. The van der Waals surface area contributed by atoms with E-state index in [9.17, 15) is 4.39 Å². The van der Waals surface area contributed by atoms with Crippen LogP contribution in [-0.4, -0.2) is 24.4 Å². The third kappa shape index (κ3) is 3.74. The Bertz CT molecular complexity index is 557. The molecule has 0 radical (unpaired) electrons. The molecule has 0 saturated carbocycles. The molecule has 1 N–H and O–H groups in total. The summed E-state index contributed by atoms with van der Waals surface area (Å²) in [5, 5.41) is 11.2. The molecule has 1 aromatic heterocycles. The summed E-state index contributed by atoms with van der Waals surface area (Å²) < 4.78 is 19.1. The van der Waals surface area contributed by atoms with Crippen molar-refractivity contribution < 1.29 is 9.13 Å². The van der Waals surface area contributed by atoms with Gasteiger partial charge in [-0.25, -0.2) is 4.39 Å². The van der Waals surface area contributed by atoms with Gasteiger partial charge in [0.1, 0.15) is 5.82 Å². The monoisotopic (exact) mass is 339 g/mol. The molecule has 0 spiro atoms. The smallest absolute Gasteiger partial charge is 0.233 e. The van der Waals surface area contributed by atoms with E-state index < -0.39 is 0 Å². The Morgan fingerprint density at radius 1 is 1.30 bits per heavy atom. The molecule has 4 nitrogen and oxygen atoms in total. The summed E-state index contributed by atoms with van der Waals surface area (Å²) in [4.78, 5) is 0. The van der Waals surface area contributed by atoms with Gasteiger partial charge < -0.3 is 10.1 Å². The lowest BCUT2D eigenvalue weighted by molar-refractivity contribution is 0.389. The molecule has 0 saturated heterocycles. The molecule has 1 atom stereocenters. The van der Waals surface area contributed by atoms with Crippen molar-refractivity contribution in [2.24, 2.45) is 0 Å². The van der Waals surface area contributed by atoms with E-state index >= 15 is 0 Å². The lowest BCUT2D eigenvalue weighted by Crippen LogP contribution is -2.20. The van der Waals surface area contributed by atoms with Crippen molar-refractivity contribution in [1.82, 2.24) is 15.5 Å². The second kappa shape index (κ2) is 6.76. The van der Waals surface area contributed by atoms with Crippen molar-refractivity contribution in [2.75, 3.05) is 14.2 Å². The van der Waals surface area contributed by atoms with E-state index in [2.05, 4.69) is 31.4 Å².